The summed E-state index contributed by atoms with van der Waals surface area (Å²) < 4.78 is 0. The first kappa shape index (κ1) is 9.66. The lowest BCUT2D eigenvalue weighted by Crippen LogP contribution is -2.23. The number of H-pyrrole nitrogens is 1. The highest BCUT2D eigenvalue weighted by Gasteiger charge is 2.10. The molecule has 0 aromatic carbocycles. The van der Waals surface area contributed by atoms with E-state index in [1.165, 1.54) is 17.5 Å². The van der Waals surface area contributed by atoms with Gasteiger partial charge in [0, 0.05) is 5.38 Å². The molecule has 0 atom stereocenters. The third-order valence-electron chi connectivity index (χ3n) is 1.83. The summed E-state index contributed by atoms with van der Waals surface area (Å²) in [5.41, 5.74) is 8.40. The van der Waals surface area contributed by atoms with Crippen molar-refractivity contribution in [3.63, 3.8) is 0 Å². The molecule has 0 saturated carbocycles. The molecule has 6 nitrogen and oxygen atoms in total. The van der Waals surface area contributed by atoms with Crippen molar-refractivity contribution < 1.29 is 4.79 Å². The fraction of sp³-hybridized carbons (Fsp3) is 0.125. The lowest BCUT2D eigenvalue weighted by Gasteiger charge is -2.01. The summed E-state index contributed by atoms with van der Waals surface area (Å²) in [6.07, 6.45) is 1.39. The van der Waals surface area contributed by atoms with Gasteiger partial charge in [-0.3, -0.25) is 9.89 Å². The summed E-state index contributed by atoms with van der Waals surface area (Å²) >= 11 is 1.49. The molecule has 4 N–H and O–H groups in total. The third kappa shape index (κ3) is 2.13. The zero-order chi connectivity index (χ0) is 10.7. The summed E-state index contributed by atoms with van der Waals surface area (Å²) in [7, 11) is 0. The molecule has 0 aliphatic rings. The number of carbonyl (C=O) groups is 1. The lowest BCUT2D eigenvalue weighted by molar-refractivity contribution is 0.0951. The average Bonchev–Trinajstić information content (AvgIpc) is 2.84. The van der Waals surface area contributed by atoms with E-state index in [2.05, 4.69) is 20.5 Å². The van der Waals surface area contributed by atoms with Crippen molar-refractivity contribution >= 4 is 23.1 Å². The molecule has 0 radical (unpaired) electrons. The maximum absolute atomic E-state index is 11.5. The van der Waals surface area contributed by atoms with E-state index in [1.807, 2.05) is 5.38 Å². The Balaban J connectivity index is 1.96. The van der Waals surface area contributed by atoms with Crippen LogP contribution in [-0.4, -0.2) is 21.1 Å². The normalized spacial score (nSPS) is 10.1. The fourth-order valence-corrected chi connectivity index (χ4v) is 1.63. The van der Waals surface area contributed by atoms with Crippen LogP contribution in [-0.2, 0) is 6.54 Å². The first-order chi connectivity index (χ1) is 7.27. The van der Waals surface area contributed by atoms with Crippen molar-refractivity contribution in [3.05, 3.63) is 28.3 Å². The van der Waals surface area contributed by atoms with Crippen molar-refractivity contribution in [2.45, 2.75) is 6.54 Å². The van der Waals surface area contributed by atoms with Crippen LogP contribution in [0.15, 0.2) is 17.1 Å². The molecule has 0 saturated heterocycles. The number of amides is 1. The number of nitrogens with two attached hydrogens (primary N) is 1. The van der Waals surface area contributed by atoms with E-state index in [4.69, 9.17) is 5.73 Å². The molecule has 2 aromatic heterocycles. The predicted octanol–water partition coefficient (Wildman–Crippen LogP) is 0.378. The van der Waals surface area contributed by atoms with Crippen LogP contribution in [0.3, 0.4) is 0 Å². The number of nitrogens with zero attached hydrogens (tertiary/aromatic N) is 2. The van der Waals surface area contributed by atoms with Crippen LogP contribution in [0.5, 0.6) is 0 Å². The van der Waals surface area contributed by atoms with E-state index in [1.54, 1.807) is 5.51 Å². The van der Waals surface area contributed by atoms with Gasteiger partial charge in [-0.25, -0.2) is 4.98 Å². The van der Waals surface area contributed by atoms with E-state index < -0.39 is 0 Å². The number of nitrogen functional groups attached to an aromatic ring is 1. The van der Waals surface area contributed by atoms with Gasteiger partial charge in [-0.15, -0.1) is 11.3 Å². The third-order valence-corrected chi connectivity index (χ3v) is 2.46. The maximum atomic E-state index is 11.5. The fourth-order valence-electron chi connectivity index (χ4n) is 1.07. The van der Waals surface area contributed by atoms with Gasteiger partial charge < -0.3 is 11.1 Å². The summed E-state index contributed by atoms with van der Waals surface area (Å²) in [6, 6.07) is 0. The molecule has 0 spiro atoms. The molecule has 7 heteroatoms. The van der Waals surface area contributed by atoms with Crippen LogP contribution in [0, 0.1) is 0 Å². The molecule has 0 fully saturated rings. The van der Waals surface area contributed by atoms with Gasteiger partial charge in [0.1, 0.15) is 11.4 Å². The van der Waals surface area contributed by atoms with E-state index in [9.17, 15) is 4.79 Å². The minimum absolute atomic E-state index is 0.255. The van der Waals surface area contributed by atoms with Crippen LogP contribution in [0.1, 0.15) is 16.1 Å². The molecule has 0 aliphatic carbocycles. The smallest absolute Gasteiger partial charge is 0.256 e. The highest BCUT2D eigenvalue weighted by molar-refractivity contribution is 7.07. The molecule has 15 heavy (non-hydrogen) atoms. The summed E-state index contributed by atoms with van der Waals surface area (Å²) in [5, 5.41) is 10.7. The van der Waals surface area contributed by atoms with Crippen molar-refractivity contribution in [2.75, 3.05) is 5.73 Å². The first-order valence-corrected chi connectivity index (χ1v) is 5.16. The van der Waals surface area contributed by atoms with Crippen LogP contribution < -0.4 is 11.1 Å². The topological polar surface area (TPSA) is 96.7 Å². The van der Waals surface area contributed by atoms with Crippen LogP contribution >= 0.6 is 11.3 Å². The number of hydrogen-bond donors (Lipinski definition) is 3. The molecule has 0 unspecified atom stereocenters. The van der Waals surface area contributed by atoms with Gasteiger partial charge in [-0.1, -0.05) is 0 Å². The van der Waals surface area contributed by atoms with Crippen molar-refractivity contribution in [3.8, 4) is 0 Å². The maximum Gasteiger partial charge on any atom is 0.256 e. The highest BCUT2D eigenvalue weighted by atomic mass is 32.1. The van der Waals surface area contributed by atoms with E-state index in [0.717, 1.165) is 5.69 Å². The molecule has 0 bridgehead atoms. The van der Waals surface area contributed by atoms with Crippen molar-refractivity contribution in [1.82, 2.24) is 20.5 Å². The zero-order valence-corrected chi connectivity index (χ0v) is 8.54. The van der Waals surface area contributed by atoms with Gasteiger partial charge in [-0.2, -0.15) is 5.10 Å². The van der Waals surface area contributed by atoms with Crippen LogP contribution in [0.25, 0.3) is 0 Å². The standard InChI is InChI=1S/C8H9N5OS/c9-7-6(2-12-13-7)8(14)10-1-5-3-15-4-11-5/h2-4H,1H2,(H,10,14)(H3,9,12,13). The SMILES string of the molecule is Nc1[nH]ncc1C(=O)NCc1cscn1. The van der Waals surface area contributed by atoms with Gasteiger partial charge >= 0.3 is 0 Å². The number of aromatic nitrogens is 3. The summed E-state index contributed by atoms with van der Waals surface area (Å²) in [6.45, 7) is 0.396. The minimum atomic E-state index is -0.255. The molecule has 2 rings (SSSR count). The summed E-state index contributed by atoms with van der Waals surface area (Å²) in [5.74, 6) is 0.0139. The molecular formula is C8H9N5OS. The Morgan fingerprint density at radius 1 is 1.67 bits per heavy atom. The second-order valence-electron chi connectivity index (χ2n) is 2.86. The molecular weight excluding hydrogens is 214 g/mol. The Hall–Kier alpha value is -1.89. The number of nitrogens with one attached hydrogen (secondary N) is 2. The lowest BCUT2D eigenvalue weighted by atomic mass is 10.3. The van der Waals surface area contributed by atoms with Crippen molar-refractivity contribution in [1.29, 1.82) is 0 Å². The number of hydrogen-bond acceptors (Lipinski definition) is 5. The minimum Gasteiger partial charge on any atom is -0.383 e. The number of thiazole rings is 1. The average molecular weight is 223 g/mol. The number of anilines is 1. The number of rotatable bonds is 3. The van der Waals surface area contributed by atoms with Crippen LogP contribution in [0.4, 0.5) is 5.82 Å². The van der Waals surface area contributed by atoms with Gasteiger partial charge in [-0.05, 0) is 0 Å². The molecule has 2 aromatic rings. The first-order valence-electron chi connectivity index (χ1n) is 4.21. The Kier molecular flexibility index (Phi) is 2.64. The van der Waals surface area contributed by atoms with Crippen LogP contribution in [0.2, 0.25) is 0 Å². The Morgan fingerprint density at radius 2 is 2.53 bits per heavy atom. The number of aromatic amines is 1. The van der Waals surface area contributed by atoms with Gasteiger partial charge in [0.25, 0.3) is 5.91 Å². The second-order valence-corrected chi connectivity index (χ2v) is 3.58. The Morgan fingerprint density at radius 3 is 3.13 bits per heavy atom. The highest BCUT2D eigenvalue weighted by Crippen LogP contribution is 2.06. The molecule has 2 heterocycles. The molecule has 1 amide bonds. The van der Waals surface area contributed by atoms with E-state index in [0.29, 0.717) is 12.1 Å². The van der Waals surface area contributed by atoms with Gasteiger partial charge in [0.15, 0.2) is 0 Å². The largest absolute Gasteiger partial charge is 0.383 e. The number of carbonyl (C=O) groups excluding carboxylic acids is 1. The van der Waals surface area contributed by atoms with Gasteiger partial charge in [0.2, 0.25) is 0 Å². The van der Waals surface area contributed by atoms with E-state index in [-0.39, 0.29) is 11.7 Å². The molecule has 0 aliphatic heterocycles. The summed E-state index contributed by atoms with van der Waals surface area (Å²) in [4.78, 5) is 15.6. The van der Waals surface area contributed by atoms with Crippen molar-refractivity contribution in [2.24, 2.45) is 0 Å². The van der Waals surface area contributed by atoms with E-state index >= 15 is 0 Å². The predicted molar refractivity (Wildman–Crippen MR) is 56.3 cm³/mol. The van der Waals surface area contributed by atoms with Gasteiger partial charge in [0.05, 0.1) is 23.9 Å². The quantitative estimate of drug-likeness (QED) is 0.700. The monoisotopic (exact) mass is 223 g/mol. The molecule has 78 valence electrons. The Bertz CT molecular complexity index is 449. The zero-order valence-electron chi connectivity index (χ0n) is 7.73. The second kappa shape index (κ2) is 4.09. The Labute approximate surface area is 89.5 Å².